The third-order valence-electron chi connectivity index (χ3n) is 4.46. The molecule has 0 spiro atoms. The Kier molecular flexibility index (Phi) is 4.25. The predicted octanol–water partition coefficient (Wildman–Crippen LogP) is 2.42. The van der Waals surface area contributed by atoms with Crippen LogP contribution < -0.4 is 0 Å². The van der Waals surface area contributed by atoms with E-state index in [9.17, 15) is 14.7 Å². The van der Waals surface area contributed by atoms with E-state index in [1.165, 1.54) is 19.3 Å². The number of carboxylic acid groups (broad SMARTS) is 1. The quantitative estimate of drug-likeness (QED) is 0.840. The molecule has 1 N–H and O–H groups in total. The minimum Gasteiger partial charge on any atom is -0.481 e. The van der Waals surface area contributed by atoms with Crippen LogP contribution in [0, 0.1) is 5.41 Å². The Morgan fingerprint density at radius 3 is 1.94 bits per heavy atom. The van der Waals surface area contributed by atoms with Crippen molar-refractivity contribution >= 4 is 11.9 Å². The molecule has 4 heteroatoms. The summed E-state index contributed by atoms with van der Waals surface area (Å²) < 4.78 is 0. The second kappa shape index (κ2) is 5.72. The minimum atomic E-state index is -0.783. The van der Waals surface area contributed by atoms with Gasteiger partial charge in [-0.25, -0.2) is 0 Å². The molecule has 0 unspecified atom stereocenters. The zero-order chi connectivity index (χ0) is 13.0. The van der Waals surface area contributed by atoms with E-state index >= 15 is 0 Å². The summed E-state index contributed by atoms with van der Waals surface area (Å²) >= 11 is 0. The highest BCUT2D eigenvalue weighted by Gasteiger charge is 2.46. The number of nitrogens with zero attached hydrogens (tertiary/aromatic N) is 1. The zero-order valence-corrected chi connectivity index (χ0v) is 11.0. The largest absolute Gasteiger partial charge is 0.481 e. The van der Waals surface area contributed by atoms with Gasteiger partial charge in [-0.05, 0) is 25.7 Å². The van der Waals surface area contributed by atoms with Crippen molar-refractivity contribution in [3.8, 4) is 0 Å². The number of hydrogen-bond donors (Lipinski definition) is 1. The van der Waals surface area contributed by atoms with Crippen molar-refractivity contribution < 1.29 is 14.7 Å². The highest BCUT2D eigenvalue weighted by atomic mass is 16.4. The van der Waals surface area contributed by atoms with Gasteiger partial charge in [0, 0.05) is 19.5 Å². The Bertz CT molecular complexity index is 315. The van der Waals surface area contributed by atoms with Gasteiger partial charge in [-0.15, -0.1) is 0 Å². The molecule has 2 aliphatic rings. The van der Waals surface area contributed by atoms with Gasteiger partial charge >= 0.3 is 5.97 Å². The van der Waals surface area contributed by atoms with Gasteiger partial charge in [0.05, 0.1) is 5.41 Å². The molecule has 1 heterocycles. The molecule has 1 saturated heterocycles. The van der Waals surface area contributed by atoms with Crippen LogP contribution in [0.1, 0.15) is 57.8 Å². The van der Waals surface area contributed by atoms with Crippen LogP contribution in [0.25, 0.3) is 0 Å². The lowest BCUT2D eigenvalue weighted by Crippen LogP contribution is -2.44. The van der Waals surface area contributed by atoms with Crippen molar-refractivity contribution in [2.75, 3.05) is 13.1 Å². The fraction of sp³-hybridized carbons (Fsp3) is 0.857. The summed E-state index contributed by atoms with van der Waals surface area (Å²) in [6, 6.07) is 0. The van der Waals surface area contributed by atoms with Crippen LogP contribution in [0.4, 0.5) is 0 Å². The molecule has 0 aromatic rings. The maximum absolute atomic E-state index is 12.2. The average molecular weight is 253 g/mol. The maximum atomic E-state index is 12.2. The first-order valence-corrected chi connectivity index (χ1v) is 7.15. The molecule has 0 atom stereocenters. The lowest BCUT2D eigenvalue weighted by Gasteiger charge is -2.38. The molecule has 0 aromatic carbocycles. The molecule has 1 aliphatic carbocycles. The molecule has 1 saturated carbocycles. The van der Waals surface area contributed by atoms with Gasteiger partial charge < -0.3 is 10.0 Å². The third kappa shape index (κ3) is 2.85. The van der Waals surface area contributed by atoms with E-state index in [0.29, 0.717) is 12.8 Å². The van der Waals surface area contributed by atoms with Crippen LogP contribution in [0.5, 0.6) is 0 Å². The zero-order valence-electron chi connectivity index (χ0n) is 11.0. The first-order chi connectivity index (χ1) is 8.64. The van der Waals surface area contributed by atoms with Crippen LogP contribution >= 0.6 is 0 Å². The molecule has 1 aliphatic heterocycles. The van der Waals surface area contributed by atoms with E-state index in [0.717, 1.165) is 32.4 Å². The highest BCUT2D eigenvalue weighted by molar-refractivity contribution is 5.85. The van der Waals surface area contributed by atoms with Gasteiger partial charge in [0.25, 0.3) is 0 Å². The molecule has 0 bridgehead atoms. The number of likely N-dealkylation sites (tertiary alicyclic amines) is 1. The number of carbonyl (C=O) groups excluding carboxylic acids is 1. The molecule has 102 valence electrons. The van der Waals surface area contributed by atoms with Crippen LogP contribution in [0.15, 0.2) is 0 Å². The highest BCUT2D eigenvalue weighted by Crippen LogP contribution is 2.44. The Hall–Kier alpha value is -1.06. The number of carbonyl (C=O) groups is 2. The lowest BCUT2D eigenvalue weighted by atomic mass is 9.66. The van der Waals surface area contributed by atoms with Gasteiger partial charge in [0.2, 0.25) is 5.91 Å². The monoisotopic (exact) mass is 253 g/mol. The molecule has 18 heavy (non-hydrogen) atoms. The Morgan fingerprint density at radius 1 is 0.944 bits per heavy atom. The van der Waals surface area contributed by atoms with Crippen LogP contribution in [-0.2, 0) is 9.59 Å². The van der Waals surface area contributed by atoms with Crippen LogP contribution in [0.3, 0.4) is 0 Å². The van der Waals surface area contributed by atoms with Gasteiger partial charge in [-0.2, -0.15) is 0 Å². The van der Waals surface area contributed by atoms with Gasteiger partial charge in [-0.3, -0.25) is 9.59 Å². The molecule has 2 fully saturated rings. The normalized spacial score (nSPS) is 23.7. The second-order valence-corrected chi connectivity index (χ2v) is 5.76. The van der Waals surface area contributed by atoms with Crippen molar-refractivity contribution in [2.24, 2.45) is 5.41 Å². The summed E-state index contributed by atoms with van der Waals surface area (Å²) in [5, 5.41) is 9.26. The number of carboxylic acids is 1. The van der Waals surface area contributed by atoms with E-state index in [1.54, 1.807) is 0 Å². The summed E-state index contributed by atoms with van der Waals surface area (Å²) in [5.41, 5.74) is -0.737. The van der Waals surface area contributed by atoms with E-state index in [4.69, 9.17) is 0 Å². The topological polar surface area (TPSA) is 57.6 Å². The Labute approximate surface area is 108 Å². The average Bonchev–Trinajstić information content (AvgIpc) is 2.21. The fourth-order valence-corrected chi connectivity index (χ4v) is 2.97. The van der Waals surface area contributed by atoms with Gasteiger partial charge in [0.15, 0.2) is 0 Å². The molecule has 1 amide bonds. The predicted molar refractivity (Wildman–Crippen MR) is 68.2 cm³/mol. The van der Waals surface area contributed by atoms with Gasteiger partial charge in [0.1, 0.15) is 0 Å². The summed E-state index contributed by atoms with van der Waals surface area (Å²) in [6.07, 6.45) is 8.26. The van der Waals surface area contributed by atoms with E-state index in [-0.39, 0.29) is 12.3 Å². The van der Waals surface area contributed by atoms with Crippen LogP contribution in [-0.4, -0.2) is 35.0 Å². The molecule has 4 nitrogen and oxygen atoms in total. The Morgan fingerprint density at radius 2 is 1.50 bits per heavy atom. The van der Waals surface area contributed by atoms with Crippen molar-refractivity contribution in [3.63, 3.8) is 0 Å². The summed E-state index contributed by atoms with van der Waals surface area (Å²) in [4.78, 5) is 25.4. The van der Waals surface area contributed by atoms with Crippen molar-refractivity contribution in [1.29, 1.82) is 0 Å². The first kappa shape index (κ1) is 13.4. The number of aliphatic carboxylic acids is 1. The molecule has 0 aromatic heterocycles. The number of amides is 1. The smallest absolute Gasteiger partial charge is 0.310 e. The van der Waals surface area contributed by atoms with Crippen LogP contribution in [0.2, 0.25) is 0 Å². The van der Waals surface area contributed by atoms with E-state index in [2.05, 4.69) is 0 Å². The second-order valence-electron chi connectivity index (χ2n) is 5.76. The molecular formula is C14H23NO3. The first-order valence-electron chi connectivity index (χ1n) is 7.15. The molecule has 2 rings (SSSR count). The summed E-state index contributed by atoms with van der Waals surface area (Å²) in [5.74, 6) is -0.729. The van der Waals surface area contributed by atoms with E-state index < -0.39 is 11.4 Å². The molecular weight excluding hydrogens is 230 g/mol. The summed E-state index contributed by atoms with van der Waals surface area (Å²) in [6.45, 7) is 1.63. The molecule has 0 radical (unpaired) electrons. The maximum Gasteiger partial charge on any atom is 0.310 e. The van der Waals surface area contributed by atoms with Crippen molar-refractivity contribution in [3.05, 3.63) is 0 Å². The summed E-state index contributed by atoms with van der Waals surface area (Å²) in [7, 11) is 0. The van der Waals surface area contributed by atoms with Crippen molar-refractivity contribution in [1.82, 2.24) is 4.90 Å². The number of rotatable bonds is 3. The minimum absolute atomic E-state index is 0.0546. The number of hydrogen-bond acceptors (Lipinski definition) is 2. The standard InChI is InChI=1S/C14H23NO3/c16-12(11-14(13(17)18)7-6-8-14)15-9-4-2-1-3-5-10-15/h1-11H2,(H,17,18). The van der Waals surface area contributed by atoms with E-state index in [1.807, 2.05) is 4.90 Å². The van der Waals surface area contributed by atoms with Crippen molar-refractivity contribution in [2.45, 2.75) is 57.8 Å². The van der Waals surface area contributed by atoms with Gasteiger partial charge in [-0.1, -0.05) is 25.7 Å². The third-order valence-corrected chi connectivity index (χ3v) is 4.46. The SMILES string of the molecule is O=C(CC1(C(=O)O)CCC1)N1CCCCCCC1. The Balaban J connectivity index is 1.91. The fourth-order valence-electron chi connectivity index (χ4n) is 2.97. The lowest BCUT2D eigenvalue weighted by molar-refractivity contribution is -0.159.